The van der Waals surface area contributed by atoms with Crippen LogP contribution >= 0.6 is 0 Å². The van der Waals surface area contributed by atoms with Crippen molar-refractivity contribution in [1.29, 1.82) is 0 Å². The molecule has 0 aliphatic carbocycles. The summed E-state index contributed by atoms with van der Waals surface area (Å²) in [7, 11) is 0. The summed E-state index contributed by atoms with van der Waals surface area (Å²) in [4.78, 5) is 19.1. The fraction of sp³-hybridized carbons (Fsp3) is 0.435. The number of anilines is 3. The molecule has 0 radical (unpaired) electrons. The highest BCUT2D eigenvalue weighted by molar-refractivity contribution is 5.93. The Hall–Kier alpha value is -2.76. The Kier molecular flexibility index (Phi) is 6.17. The second kappa shape index (κ2) is 9.16. The van der Waals surface area contributed by atoms with E-state index >= 15 is 0 Å². The molecule has 4 rings (SSSR count). The van der Waals surface area contributed by atoms with E-state index in [2.05, 4.69) is 16.3 Å². The molecule has 2 fully saturated rings. The predicted octanol–water partition coefficient (Wildman–Crippen LogP) is 4.56. The van der Waals surface area contributed by atoms with E-state index in [1.54, 1.807) is 12.1 Å². The van der Waals surface area contributed by atoms with Gasteiger partial charge in [0.05, 0.1) is 17.1 Å². The number of carbonyl (C=O) groups is 1. The second-order valence-electron chi connectivity index (χ2n) is 7.77. The van der Waals surface area contributed by atoms with Crippen LogP contribution in [0.25, 0.3) is 0 Å². The zero-order valence-electron chi connectivity index (χ0n) is 16.8. The molecule has 2 aliphatic heterocycles. The molecule has 0 spiro atoms. The molecule has 2 amide bonds. The SMILES string of the molecule is O=C(Nc1ccccc1N1CCCCCC1)N1CCN(c2ccccc2F)CC1. The minimum absolute atomic E-state index is 0.0829. The molecule has 0 bridgehead atoms. The van der Waals surface area contributed by atoms with E-state index < -0.39 is 0 Å². The highest BCUT2D eigenvalue weighted by atomic mass is 19.1. The largest absolute Gasteiger partial charge is 0.370 e. The number of nitrogens with zero attached hydrogens (tertiary/aromatic N) is 3. The quantitative estimate of drug-likeness (QED) is 0.827. The molecule has 154 valence electrons. The zero-order chi connectivity index (χ0) is 20.1. The summed E-state index contributed by atoms with van der Waals surface area (Å²) in [6, 6.07) is 14.8. The van der Waals surface area contributed by atoms with E-state index in [1.807, 2.05) is 34.1 Å². The van der Waals surface area contributed by atoms with E-state index in [-0.39, 0.29) is 11.8 Å². The maximum absolute atomic E-state index is 14.0. The number of urea groups is 1. The van der Waals surface area contributed by atoms with Gasteiger partial charge in [-0.15, -0.1) is 0 Å². The first-order valence-corrected chi connectivity index (χ1v) is 10.6. The highest BCUT2D eigenvalue weighted by Crippen LogP contribution is 2.28. The van der Waals surface area contributed by atoms with Crippen LogP contribution in [0.15, 0.2) is 48.5 Å². The highest BCUT2D eigenvalue weighted by Gasteiger charge is 2.23. The van der Waals surface area contributed by atoms with Crippen molar-refractivity contribution in [3.8, 4) is 0 Å². The van der Waals surface area contributed by atoms with Gasteiger partial charge in [0.1, 0.15) is 5.82 Å². The van der Waals surface area contributed by atoms with Crippen molar-refractivity contribution in [2.75, 3.05) is 54.4 Å². The van der Waals surface area contributed by atoms with Crippen molar-refractivity contribution in [1.82, 2.24) is 4.90 Å². The summed E-state index contributed by atoms with van der Waals surface area (Å²) < 4.78 is 14.0. The number of hydrogen-bond acceptors (Lipinski definition) is 3. The lowest BCUT2D eigenvalue weighted by Crippen LogP contribution is -2.50. The van der Waals surface area contributed by atoms with Gasteiger partial charge in [0.25, 0.3) is 0 Å². The summed E-state index contributed by atoms with van der Waals surface area (Å²) in [5.74, 6) is -0.211. The van der Waals surface area contributed by atoms with E-state index in [0.717, 1.165) is 24.5 Å². The third kappa shape index (κ3) is 4.63. The molecule has 0 unspecified atom stereocenters. The van der Waals surface area contributed by atoms with E-state index in [1.165, 1.54) is 31.7 Å². The average molecular weight is 397 g/mol. The Bertz CT molecular complexity index is 827. The van der Waals surface area contributed by atoms with Crippen LogP contribution in [0.3, 0.4) is 0 Å². The van der Waals surface area contributed by atoms with Crippen LogP contribution in [0.1, 0.15) is 25.7 Å². The van der Waals surface area contributed by atoms with Gasteiger partial charge in [-0.2, -0.15) is 0 Å². The van der Waals surface area contributed by atoms with Crippen molar-refractivity contribution in [3.05, 3.63) is 54.3 Å². The Morgan fingerprint density at radius 2 is 1.31 bits per heavy atom. The smallest absolute Gasteiger partial charge is 0.322 e. The third-order valence-electron chi connectivity index (χ3n) is 5.85. The Balaban J connectivity index is 1.39. The number of benzene rings is 2. The summed E-state index contributed by atoms with van der Waals surface area (Å²) in [6.45, 7) is 4.48. The lowest BCUT2D eigenvalue weighted by Gasteiger charge is -2.36. The van der Waals surface area contributed by atoms with Crippen molar-refractivity contribution in [2.45, 2.75) is 25.7 Å². The van der Waals surface area contributed by atoms with Crippen LogP contribution < -0.4 is 15.1 Å². The molecule has 2 aromatic carbocycles. The maximum Gasteiger partial charge on any atom is 0.322 e. The standard InChI is InChI=1S/C23H29FN4O/c24-19-9-3-5-11-21(19)27-15-17-28(18-16-27)23(29)25-20-10-4-6-12-22(20)26-13-7-1-2-8-14-26/h3-6,9-12H,1-2,7-8,13-18H2,(H,25,29). The van der Waals surface area contributed by atoms with Gasteiger partial charge in [-0.1, -0.05) is 37.1 Å². The van der Waals surface area contributed by atoms with Gasteiger partial charge in [0.15, 0.2) is 0 Å². The molecule has 0 atom stereocenters. The van der Waals surface area contributed by atoms with Crippen LogP contribution in [0.5, 0.6) is 0 Å². The van der Waals surface area contributed by atoms with Crippen LogP contribution in [-0.4, -0.2) is 50.2 Å². The monoisotopic (exact) mass is 396 g/mol. The number of halogens is 1. The number of piperazine rings is 1. The molecule has 0 saturated carbocycles. The van der Waals surface area contributed by atoms with Gasteiger partial charge in [-0.3, -0.25) is 0 Å². The van der Waals surface area contributed by atoms with Gasteiger partial charge in [-0.25, -0.2) is 9.18 Å². The van der Waals surface area contributed by atoms with E-state index in [0.29, 0.717) is 31.9 Å². The van der Waals surface area contributed by atoms with Crippen molar-refractivity contribution < 1.29 is 9.18 Å². The van der Waals surface area contributed by atoms with Crippen molar-refractivity contribution in [3.63, 3.8) is 0 Å². The second-order valence-corrected chi connectivity index (χ2v) is 7.77. The summed E-state index contributed by atoms with van der Waals surface area (Å²) in [6.07, 6.45) is 4.94. The van der Waals surface area contributed by atoms with E-state index in [9.17, 15) is 9.18 Å². The van der Waals surface area contributed by atoms with Gasteiger partial charge in [-0.05, 0) is 37.1 Å². The van der Waals surface area contributed by atoms with Gasteiger partial charge in [0.2, 0.25) is 0 Å². The topological polar surface area (TPSA) is 38.8 Å². The number of carbonyl (C=O) groups excluding carboxylic acids is 1. The number of amides is 2. The Morgan fingerprint density at radius 1 is 0.724 bits per heavy atom. The lowest BCUT2D eigenvalue weighted by molar-refractivity contribution is 0.208. The number of nitrogens with one attached hydrogen (secondary N) is 1. The molecule has 2 saturated heterocycles. The van der Waals surface area contributed by atoms with Gasteiger partial charge in [0, 0.05) is 39.3 Å². The lowest BCUT2D eigenvalue weighted by atomic mass is 10.2. The normalized spacial score (nSPS) is 17.8. The molecule has 1 N–H and O–H groups in total. The minimum atomic E-state index is -0.211. The Labute approximate surface area is 172 Å². The van der Waals surface area contributed by atoms with Crippen LogP contribution in [-0.2, 0) is 0 Å². The molecule has 6 heteroatoms. The van der Waals surface area contributed by atoms with Gasteiger partial charge < -0.3 is 20.0 Å². The zero-order valence-corrected chi connectivity index (χ0v) is 16.8. The first kappa shape index (κ1) is 19.6. The van der Waals surface area contributed by atoms with Crippen LogP contribution in [0.2, 0.25) is 0 Å². The molecular weight excluding hydrogens is 367 g/mol. The molecular formula is C23H29FN4O. The van der Waals surface area contributed by atoms with Crippen molar-refractivity contribution in [2.24, 2.45) is 0 Å². The Morgan fingerprint density at radius 3 is 2.00 bits per heavy atom. The molecule has 2 heterocycles. The molecule has 29 heavy (non-hydrogen) atoms. The van der Waals surface area contributed by atoms with Crippen LogP contribution in [0.4, 0.5) is 26.2 Å². The fourth-order valence-corrected chi connectivity index (χ4v) is 4.22. The number of hydrogen-bond donors (Lipinski definition) is 1. The summed E-state index contributed by atoms with van der Waals surface area (Å²) in [5, 5.41) is 3.12. The molecule has 5 nitrogen and oxygen atoms in total. The first-order chi connectivity index (χ1) is 14.2. The maximum atomic E-state index is 14.0. The molecule has 0 aromatic heterocycles. The summed E-state index contributed by atoms with van der Waals surface area (Å²) in [5.41, 5.74) is 2.59. The molecule has 2 aliphatic rings. The molecule has 2 aromatic rings. The fourth-order valence-electron chi connectivity index (χ4n) is 4.22. The first-order valence-electron chi connectivity index (χ1n) is 10.6. The predicted molar refractivity (Wildman–Crippen MR) is 116 cm³/mol. The number of para-hydroxylation sites is 3. The minimum Gasteiger partial charge on any atom is -0.370 e. The van der Waals surface area contributed by atoms with Crippen LogP contribution in [0, 0.1) is 5.82 Å². The number of rotatable bonds is 3. The van der Waals surface area contributed by atoms with Crippen molar-refractivity contribution >= 4 is 23.1 Å². The third-order valence-corrected chi connectivity index (χ3v) is 5.85. The van der Waals surface area contributed by atoms with Gasteiger partial charge >= 0.3 is 6.03 Å². The summed E-state index contributed by atoms with van der Waals surface area (Å²) >= 11 is 0. The average Bonchev–Trinajstić information content (AvgIpc) is 3.04. The van der Waals surface area contributed by atoms with E-state index in [4.69, 9.17) is 0 Å².